The van der Waals surface area contributed by atoms with E-state index in [4.69, 9.17) is 9.51 Å². The number of thiazole rings is 1. The number of rotatable bonds is 5. The zero-order valence-corrected chi connectivity index (χ0v) is 18.4. The highest BCUT2D eigenvalue weighted by atomic mass is 32.1. The average molecular weight is 441 g/mol. The molecule has 3 heterocycles. The summed E-state index contributed by atoms with van der Waals surface area (Å²) in [6, 6.07) is 15.6. The van der Waals surface area contributed by atoms with Gasteiger partial charge >= 0.3 is 0 Å². The first-order valence-electron chi connectivity index (χ1n) is 10.2. The Hall–Kier alpha value is -3.84. The van der Waals surface area contributed by atoms with Crippen LogP contribution < -0.4 is 5.32 Å². The third-order valence-electron chi connectivity index (χ3n) is 5.18. The molecule has 158 valence electrons. The van der Waals surface area contributed by atoms with Crippen molar-refractivity contribution in [2.24, 2.45) is 0 Å². The Balaban J connectivity index is 1.33. The summed E-state index contributed by atoms with van der Waals surface area (Å²) in [6.45, 7) is 4.00. The summed E-state index contributed by atoms with van der Waals surface area (Å²) >= 11 is 1.58. The van der Waals surface area contributed by atoms with Crippen LogP contribution >= 0.6 is 11.3 Å². The predicted molar refractivity (Wildman–Crippen MR) is 127 cm³/mol. The Morgan fingerprint density at radius 1 is 1.06 bits per heavy atom. The van der Waals surface area contributed by atoms with Crippen molar-refractivity contribution in [2.75, 3.05) is 5.32 Å². The van der Waals surface area contributed by atoms with Crippen molar-refractivity contribution in [1.29, 1.82) is 0 Å². The maximum Gasteiger partial charge on any atom is 0.230 e. The quantitative estimate of drug-likeness (QED) is 0.373. The molecule has 0 aliphatic carbocycles. The second kappa shape index (κ2) is 8.36. The fourth-order valence-corrected chi connectivity index (χ4v) is 4.55. The van der Waals surface area contributed by atoms with E-state index >= 15 is 0 Å². The highest BCUT2D eigenvalue weighted by Crippen LogP contribution is 2.30. The SMILES string of the molecule is Cc1cc(C)c2onc(CC(=O)Nc3cccc(-c4csc(-c5ccncc5)n4)c3)c2c1. The van der Waals surface area contributed by atoms with Gasteiger partial charge in [-0.1, -0.05) is 23.4 Å². The van der Waals surface area contributed by atoms with Crippen LogP contribution in [-0.2, 0) is 11.2 Å². The molecule has 0 unspecified atom stereocenters. The van der Waals surface area contributed by atoms with Crippen LogP contribution in [0, 0.1) is 13.8 Å². The smallest absolute Gasteiger partial charge is 0.230 e. The van der Waals surface area contributed by atoms with E-state index in [1.807, 2.05) is 67.8 Å². The van der Waals surface area contributed by atoms with Crippen LogP contribution in [0.4, 0.5) is 5.69 Å². The predicted octanol–water partition coefficient (Wildman–Crippen LogP) is 5.81. The second-order valence-corrected chi connectivity index (χ2v) is 8.53. The molecule has 7 heteroatoms. The molecule has 0 atom stereocenters. The van der Waals surface area contributed by atoms with Crippen LogP contribution in [0.5, 0.6) is 0 Å². The lowest BCUT2D eigenvalue weighted by Gasteiger charge is -2.06. The van der Waals surface area contributed by atoms with Crippen molar-refractivity contribution in [2.45, 2.75) is 20.3 Å². The zero-order valence-electron chi connectivity index (χ0n) is 17.6. The van der Waals surface area contributed by atoms with Gasteiger partial charge in [-0.25, -0.2) is 4.98 Å². The molecule has 0 saturated carbocycles. The standard InChI is InChI=1S/C25H20N4O2S/c1-15-10-16(2)24-20(11-15)21(29-31-24)13-23(30)27-19-5-3-4-18(12-19)22-14-32-25(28-22)17-6-8-26-9-7-17/h3-12,14H,13H2,1-2H3,(H,27,30). The van der Waals surface area contributed by atoms with Crippen LogP contribution in [0.2, 0.25) is 0 Å². The summed E-state index contributed by atoms with van der Waals surface area (Å²) in [5.74, 6) is -0.146. The minimum Gasteiger partial charge on any atom is -0.356 e. The lowest BCUT2D eigenvalue weighted by atomic mass is 10.1. The van der Waals surface area contributed by atoms with Crippen molar-refractivity contribution >= 4 is 33.9 Å². The summed E-state index contributed by atoms with van der Waals surface area (Å²) in [5.41, 5.74) is 7.06. The number of pyridine rings is 1. The maximum atomic E-state index is 12.7. The number of aryl methyl sites for hydroxylation is 2. The van der Waals surface area contributed by atoms with Crippen LogP contribution in [0.1, 0.15) is 16.8 Å². The van der Waals surface area contributed by atoms with Gasteiger partial charge < -0.3 is 9.84 Å². The van der Waals surface area contributed by atoms with Crippen LogP contribution in [-0.4, -0.2) is 21.0 Å². The number of hydrogen-bond acceptors (Lipinski definition) is 6. The fraction of sp³-hybridized carbons (Fsp3) is 0.120. The van der Waals surface area contributed by atoms with Crippen molar-refractivity contribution < 1.29 is 9.32 Å². The van der Waals surface area contributed by atoms with Gasteiger partial charge in [0, 0.05) is 40.0 Å². The number of nitrogens with one attached hydrogen (secondary N) is 1. The molecule has 3 aromatic heterocycles. The monoisotopic (exact) mass is 440 g/mol. The lowest BCUT2D eigenvalue weighted by molar-refractivity contribution is -0.115. The first-order valence-corrected chi connectivity index (χ1v) is 11.1. The number of aromatic nitrogens is 3. The van der Waals surface area contributed by atoms with Crippen LogP contribution in [0.3, 0.4) is 0 Å². The molecule has 0 fully saturated rings. The van der Waals surface area contributed by atoms with Gasteiger partial charge in [0.15, 0.2) is 5.58 Å². The number of nitrogens with zero attached hydrogens (tertiary/aromatic N) is 3. The van der Waals surface area contributed by atoms with Gasteiger partial charge in [-0.15, -0.1) is 11.3 Å². The summed E-state index contributed by atoms with van der Waals surface area (Å²) in [6.07, 6.45) is 3.66. The summed E-state index contributed by atoms with van der Waals surface area (Å²) in [7, 11) is 0. The lowest BCUT2D eigenvalue weighted by Crippen LogP contribution is -2.14. The van der Waals surface area contributed by atoms with Crippen LogP contribution in [0.25, 0.3) is 32.8 Å². The Morgan fingerprint density at radius 3 is 2.75 bits per heavy atom. The topological polar surface area (TPSA) is 80.9 Å². The molecule has 1 amide bonds. The molecule has 32 heavy (non-hydrogen) atoms. The van der Waals surface area contributed by atoms with Gasteiger partial charge in [-0.2, -0.15) is 0 Å². The summed E-state index contributed by atoms with van der Waals surface area (Å²) < 4.78 is 5.46. The Labute approximate surface area is 189 Å². The molecule has 5 rings (SSSR count). The molecule has 5 aromatic rings. The molecule has 6 nitrogen and oxygen atoms in total. The third kappa shape index (κ3) is 4.02. The molecule has 0 aliphatic rings. The average Bonchev–Trinajstić information content (AvgIpc) is 3.43. The Bertz CT molecular complexity index is 1420. The molecule has 0 saturated heterocycles. The largest absolute Gasteiger partial charge is 0.356 e. The fourth-order valence-electron chi connectivity index (χ4n) is 3.71. The number of carbonyl (C=O) groups excluding carboxylic acids is 1. The molecular weight excluding hydrogens is 420 g/mol. The van der Waals surface area contributed by atoms with Crippen LogP contribution in [0.15, 0.2) is 70.8 Å². The van der Waals surface area contributed by atoms with E-state index in [1.165, 1.54) is 0 Å². The first-order chi connectivity index (χ1) is 15.6. The molecule has 0 radical (unpaired) electrons. The highest BCUT2D eigenvalue weighted by molar-refractivity contribution is 7.13. The van der Waals surface area contributed by atoms with E-state index < -0.39 is 0 Å². The Morgan fingerprint density at radius 2 is 1.91 bits per heavy atom. The molecule has 0 bridgehead atoms. The number of fused-ring (bicyclic) bond motifs is 1. The zero-order chi connectivity index (χ0) is 22.1. The Kier molecular flexibility index (Phi) is 5.25. The molecule has 2 aromatic carbocycles. The first kappa shape index (κ1) is 20.1. The number of amides is 1. The van der Waals surface area contributed by atoms with E-state index in [9.17, 15) is 4.79 Å². The van der Waals surface area contributed by atoms with E-state index in [2.05, 4.69) is 15.5 Å². The summed E-state index contributed by atoms with van der Waals surface area (Å²) in [4.78, 5) is 21.5. The van der Waals surface area contributed by atoms with E-state index in [1.54, 1.807) is 23.7 Å². The molecular formula is C25H20N4O2S. The van der Waals surface area contributed by atoms with E-state index in [0.717, 1.165) is 43.9 Å². The van der Waals surface area contributed by atoms with Crippen molar-refractivity contribution in [3.05, 3.63) is 83.1 Å². The summed E-state index contributed by atoms with van der Waals surface area (Å²) in [5, 5.41) is 10.9. The minimum atomic E-state index is -0.146. The van der Waals surface area contributed by atoms with Gasteiger partial charge in [0.1, 0.15) is 10.7 Å². The number of benzene rings is 2. The number of hydrogen-bond donors (Lipinski definition) is 1. The van der Waals surface area contributed by atoms with Gasteiger partial charge in [-0.3, -0.25) is 9.78 Å². The molecule has 0 aliphatic heterocycles. The number of anilines is 1. The van der Waals surface area contributed by atoms with Gasteiger partial charge in [0.25, 0.3) is 0 Å². The van der Waals surface area contributed by atoms with Crippen molar-refractivity contribution in [3.8, 4) is 21.8 Å². The maximum absolute atomic E-state index is 12.7. The highest BCUT2D eigenvalue weighted by Gasteiger charge is 2.15. The van der Waals surface area contributed by atoms with Gasteiger partial charge in [0.2, 0.25) is 5.91 Å². The number of carbonyl (C=O) groups is 1. The van der Waals surface area contributed by atoms with Gasteiger partial charge in [-0.05, 0) is 55.3 Å². The van der Waals surface area contributed by atoms with Gasteiger partial charge in [0.05, 0.1) is 12.1 Å². The van der Waals surface area contributed by atoms with E-state index in [-0.39, 0.29) is 12.3 Å². The van der Waals surface area contributed by atoms with Crippen molar-refractivity contribution in [1.82, 2.24) is 15.1 Å². The second-order valence-electron chi connectivity index (χ2n) is 7.67. The third-order valence-corrected chi connectivity index (χ3v) is 6.07. The molecule has 0 spiro atoms. The van der Waals surface area contributed by atoms with Crippen molar-refractivity contribution in [3.63, 3.8) is 0 Å². The van der Waals surface area contributed by atoms with E-state index in [0.29, 0.717) is 11.4 Å². The minimum absolute atomic E-state index is 0.142. The normalized spacial score (nSPS) is 11.1. The molecule has 1 N–H and O–H groups in total.